The van der Waals surface area contributed by atoms with Gasteiger partial charge in [0.05, 0.1) is 18.4 Å². The van der Waals surface area contributed by atoms with E-state index in [2.05, 4.69) is 20.8 Å². The standard InChI is InChI=1S/C17H18F2N4O4S/c18-11-4-1-5-12(19)15(11)16(25)21-8-14-22-23-17(27-14)28-9-13(24)20-7-10-3-2-6-26-10/h1,4-5,10H,2-3,6-9H2,(H,20,24)(H,21,25)/t10-/m0/s1. The summed E-state index contributed by atoms with van der Waals surface area (Å²) >= 11 is 1.04. The van der Waals surface area contributed by atoms with E-state index < -0.39 is 23.1 Å². The Labute approximate surface area is 163 Å². The third-order valence-corrected chi connectivity index (χ3v) is 4.73. The molecule has 150 valence electrons. The first kappa shape index (κ1) is 20.2. The number of nitrogens with one attached hydrogen (secondary N) is 2. The Hall–Kier alpha value is -2.53. The number of thioether (sulfide) groups is 1. The van der Waals surface area contributed by atoms with Gasteiger partial charge in [-0.05, 0) is 25.0 Å². The third kappa shape index (κ3) is 5.49. The van der Waals surface area contributed by atoms with Crippen molar-refractivity contribution in [3.05, 3.63) is 41.3 Å². The van der Waals surface area contributed by atoms with Gasteiger partial charge in [-0.25, -0.2) is 8.78 Å². The molecule has 2 amide bonds. The lowest BCUT2D eigenvalue weighted by atomic mass is 10.2. The van der Waals surface area contributed by atoms with Crippen LogP contribution in [0, 0.1) is 11.6 Å². The molecule has 0 spiro atoms. The first-order chi connectivity index (χ1) is 13.5. The van der Waals surface area contributed by atoms with Crippen LogP contribution in [-0.4, -0.2) is 47.0 Å². The van der Waals surface area contributed by atoms with Gasteiger partial charge in [-0.1, -0.05) is 17.8 Å². The monoisotopic (exact) mass is 412 g/mol. The number of halogens is 2. The first-order valence-electron chi connectivity index (χ1n) is 8.58. The van der Waals surface area contributed by atoms with E-state index in [4.69, 9.17) is 9.15 Å². The first-order valence-corrected chi connectivity index (χ1v) is 9.57. The van der Waals surface area contributed by atoms with Gasteiger partial charge in [0.2, 0.25) is 11.8 Å². The molecule has 0 radical (unpaired) electrons. The van der Waals surface area contributed by atoms with E-state index in [0.29, 0.717) is 6.54 Å². The van der Waals surface area contributed by atoms with E-state index in [0.717, 1.165) is 43.3 Å². The molecule has 1 atom stereocenters. The van der Waals surface area contributed by atoms with Crippen LogP contribution in [-0.2, 0) is 16.1 Å². The Morgan fingerprint density at radius 2 is 2.00 bits per heavy atom. The zero-order valence-corrected chi connectivity index (χ0v) is 15.6. The lowest BCUT2D eigenvalue weighted by Gasteiger charge is -2.09. The minimum Gasteiger partial charge on any atom is -0.414 e. The van der Waals surface area contributed by atoms with Crippen LogP contribution in [0.4, 0.5) is 8.78 Å². The van der Waals surface area contributed by atoms with Crippen molar-refractivity contribution in [1.82, 2.24) is 20.8 Å². The van der Waals surface area contributed by atoms with Gasteiger partial charge in [-0.15, -0.1) is 10.2 Å². The smallest absolute Gasteiger partial charge is 0.277 e. The second kappa shape index (κ2) is 9.60. The van der Waals surface area contributed by atoms with Crippen LogP contribution >= 0.6 is 11.8 Å². The van der Waals surface area contributed by atoms with Crippen LogP contribution in [0.15, 0.2) is 27.8 Å². The van der Waals surface area contributed by atoms with Gasteiger partial charge < -0.3 is 19.8 Å². The molecule has 3 rings (SSSR count). The average molecular weight is 412 g/mol. The van der Waals surface area contributed by atoms with Gasteiger partial charge in [0.25, 0.3) is 11.1 Å². The second-order valence-electron chi connectivity index (χ2n) is 5.97. The summed E-state index contributed by atoms with van der Waals surface area (Å²) in [6.07, 6.45) is 2.00. The van der Waals surface area contributed by atoms with E-state index in [9.17, 15) is 18.4 Å². The number of ether oxygens (including phenoxy) is 1. The Morgan fingerprint density at radius 1 is 1.21 bits per heavy atom. The number of benzene rings is 1. The van der Waals surface area contributed by atoms with Crippen molar-refractivity contribution in [2.45, 2.75) is 30.7 Å². The fourth-order valence-electron chi connectivity index (χ4n) is 2.54. The summed E-state index contributed by atoms with van der Waals surface area (Å²) in [5.74, 6) is -2.92. The highest BCUT2D eigenvalue weighted by molar-refractivity contribution is 7.99. The number of nitrogens with zero attached hydrogens (tertiary/aromatic N) is 2. The number of hydrogen-bond donors (Lipinski definition) is 2. The van der Waals surface area contributed by atoms with Crippen LogP contribution in [0.1, 0.15) is 29.1 Å². The van der Waals surface area contributed by atoms with E-state index in [1.807, 2.05) is 0 Å². The van der Waals surface area contributed by atoms with Gasteiger partial charge in [-0.3, -0.25) is 9.59 Å². The minimum atomic E-state index is -0.965. The molecule has 1 aromatic heterocycles. The Balaban J connectivity index is 1.42. The van der Waals surface area contributed by atoms with Crippen molar-refractivity contribution in [3.63, 3.8) is 0 Å². The summed E-state index contributed by atoms with van der Waals surface area (Å²) in [6, 6.07) is 3.15. The maximum Gasteiger partial charge on any atom is 0.277 e. The largest absolute Gasteiger partial charge is 0.414 e. The lowest BCUT2D eigenvalue weighted by Crippen LogP contribution is -2.32. The number of hydrogen-bond acceptors (Lipinski definition) is 7. The van der Waals surface area contributed by atoms with Gasteiger partial charge in [0.15, 0.2) is 0 Å². The molecule has 0 aliphatic carbocycles. The minimum absolute atomic E-state index is 0.0485. The molecule has 1 aliphatic rings. The summed E-state index contributed by atoms with van der Waals surface area (Å²) in [5, 5.41) is 12.7. The van der Waals surface area contributed by atoms with Crippen LogP contribution < -0.4 is 10.6 Å². The molecular formula is C17H18F2N4O4S. The van der Waals surface area contributed by atoms with Gasteiger partial charge in [0, 0.05) is 13.2 Å². The number of aromatic nitrogens is 2. The second-order valence-corrected chi connectivity index (χ2v) is 6.90. The van der Waals surface area contributed by atoms with Gasteiger partial charge >= 0.3 is 0 Å². The molecule has 11 heteroatoms. The predicted octanol–water partition coefficient (Wildman–Crippen LogP) is 1.67. The molecular weight excluding hydrogens is 394 g/mol. The fraction of sp³-hybridized carbons (Fsp3) is 0.412. The highest BCUT2D eigenvalue weighted by Crippen LogP contribution is 2.17. The lowest BCUT2D eigenvalue weighted by molar-refractivity contribution is -0.119. The molecule has 1 fully saturated rings. The van der Waals surface area contributed by atoms with E-state index in [1.165, 1.54) is 6.07 Å². The summed E-state index contributed by atoms with van der Waals surface area (Å²) in [7, 11) is 0. The van der Waals surface area contributed by atoms with E-state index in [-0.39, 0.29) is 35.4 Å². The van der Waals surface area contributed by atoms with Gasteiger partial charge in [0.1, 0.15) is 17.2 Å². The molecule has 28 heavy (non-hydrogen) atoms. The molecule has 0 bridgehead atoms. The molecule has 8 nitrogen and oxygen atoms in total. The van der Waals surface area contributed by atoms with Crippen LogP contribution in [0.25, 0.3) is 0 Å². The molecule has 0 unspecified atom stereocenters. The highest BCUT2D eigenvalue weighted by atomic mass is 32.2. The quantitative estimate of drug-likeness (QED) is 0.635. The molecule has 1 saturated heterocycles. The van der Waals surface area contributed by atoms with Gasteiger partial charge in [-0.2, -0.15) is 0 Å². The average Bonchev–Trinajstić information content (AvgIpc) is 3.34. The number of rotatable bonds is 8. The normalized spacial score (nSPS) is 16.1. The number of carbonyl (C=O) groups excluding carboxylic acids is 2. The van der Waals surface area contributed by atoms with Crippen LogP contribution in [0.3, 0.4) is 0 Å². The zero-order valence-electron chi connectivity index (χ0n) is 14.7. The van der Waals surface area contributed by atoms with Crippen molar-refractivity contribution in [1.29, 1.82) is 0 Å². The van der Waals surface area contributed by atoms with Crippen LogP contribution in [0.5, 0.6) is 0 Å². The molecule has 1 aliphatic heterocycles. The summed E-state index contributed by atoms with van der Waals surface area (Å²) in [4.78, 5) is 23.7. The summed E-state index contributed by atoms with van der Waals surface area (Å²) in [5.41, 5.74) is -0.681. The Kier molecular flexibility index (Phi) is 6.93. The third-order valence-electron chi connectivity index (χ3n) is 3.92. The van der Waals surface area contributed by atoms with E-state index >= 15 is 0 Å². The topological polar surface area (TPSA) is 106 Å². The summed E-state index contributed by atoms with van der Waals surface area (Å²) < 4.78 is 37.8. The van der Waals surface area contributed by atoms with Crippen molar-refractivity contribution in [2.24, 2.45) is 0 Å². The number of carbonyl (C=O) groups is 2. The molecule has 0 saturated carbocycles. The van der Waals surface area contributed by atoms with Crippen molar-refractivity contribution in [2.75, 3.05) is 18.9 Å². The molecule has 2 heterocycles. The maximum absolute atomic E-state index is 13.6. The van der Waals surface area contributed by atoms with Crippen LogP contribution in [0.2, 0.25) is 0 Å². The molecule has 2 aromatic rings. The SMILES string of the molecule is O=C(CSc1nnc(CNC(=O)c2c(F)cccc2F)o1)NC[C@@H]1CCCO1. The molecule has 1 aromatic carbocycles. The van der Waals surface area contributed by atoms with Crippen molar-refractivity contribution in [3.8, 4) is 0 Å². The predicted molar refractivity (Wildman–Crippen MR) is 94.5 cm³/mol. The van der Waals surface area contributed by atoms with Crippen molar-refractivity contribution >= 4 is 23.6 Å². The summed E-state index contributed by atoms with van der Waals surface area (Å²) in [6.45, 7) is 0.985. The Morgan fingerprint density at radius 3 is 2.71 bits per heavy atom. The van der Waals surface area contributed by atoms with Crippen molar-refractivity contribution < 1.29 is 27.5 Å². The number of amides is 2. The highest BCUT2D eigenvalue weighted by Gasteiger charge is 2.19. The molecule has 2 N–H and O–H groups in total. The Bertz CT molecular complexity index is 822. The fourth-order valence-corrected chi connectivity index (χ4v) is 3.15. The van der Waals surface area contributed by atoms with E-state index in [1.54, 1.807) is 0 Å². The zero-order chi connectivity index (χ0) is 19.9. The maximum atomic E-state index is 13.6.